The number of nitrogens with zero attached hydrogens (tertiary/aromatic N) is 1. The van der Waals surface area contributed by atoms with Crippen molar-refractivity contribution in [2.45, 2.75) is 27.3 Å². The summed E-state index contributed by atoms with van der Waals surface area (Å²) in [5.74, 6) is 0.240. The highest BCUT2D eigenvalue weighted by Gasteiger charge is 2.15. The zero-order valence-corrected chi connectivity index (χ0v) is 10.8. The molecule has 0 aliphatic heterocycles. The summed E-state index contributed by atoms with van der Waals surface area (Å²) < 4.78 is 0. The summed E-state index contributed by atoms with van der Waals surface area (Å²) in [7, 11) is 0. The van der Waals surface area contributed by atoms with E-state index in [9.17, 15) is 4.79 Å². The third-order valence-corrected chi connectivity index (χ3v) is 2.73. The van der Waals surface area contributed by atoms with Gasteiger partial charge in [0.2, 0.25) is 5.91 Å². The zero-order chi connectivity index (χ0) is 12.1. The van der Waals surface area contributed by atoms with Gasteiger partial charge in [0.15, 0.2) is 0 Å². The van der Waals surface area contributed by atoms with Crippen LogP contribution in [0.15, 0.2) is 24.3 Å². The van der Waals surface area contributed by atoms with E-state index < -0.39 is 0 Å². The molecule has 1 aromatic rings. The van der Waals surface area contributed by atoms with E-state index in [1.54, 1.807) is 0 Å². The Labute approximate surface area is 102 Å². The summed E-state index contributed by atoms with van der Waals surface area (Å²) in [6.07, 6.45) is 0. The van der Waals surface area contributed by atoms with Crippen molar-refractivity contribution in [2.75, 3.05) is 6.54 Å². The molecule has 0 spiro atoms. The minimum absolute atomic E-state index is 0.0484. The molecule has 1 rings (SSSR count). The first-order valence-electron chi connectivity index (χ1n) is 5.57. The first kappa shape index (κ1) is 13.0. The van der Waals surface area contributed by atoms with Crippen LogP contribution in [0.2, 0.25) is 5.02 Å². The number of benzene rings is 1. The molecule has 0 unspecified atom stereocenters. The van der Waals surface area contributed by atoms with Gasteiger partial charge >= 0.3 is 0 Å². The van der Waals surface area contributed by atoms with E-state index in [1.807, 2.05) is 49.9 Å². The first-order chi connectivity index (χ1) is 7.54. The average Bonchev–Trinajstić information content (AvgIpc) is 2.27. The van der Waals surface area contributed by atoms with Crippen LogP contribution in [0.5, 0.6) is 0 Å². The molecule has 2 nitrogen and oxygen atoms in total. The van der Waals surface area contributed by atoms with E-state index in [2.05, 4.69) is 0 Å². The Bertz CT molecular complexity index is 345. The van der Waals surface area contributed by atoms with Gasteiger partial charge in [0.1, 0.15) is 0 Å². The Morgan fingerprint density at radius 1 is 1.31 bits per heavy atom. The fourth-order valence-electron chi connectivity index (χ4n) is 1.52. The smallest absolute Gasteiger partial charge is 0.225 e. The lowest BCUT2D eigenvalue weighted by Crippen LogP contribution is -2.33. The molecule has 0 saturated carbocycles. The summed E-state index contributed by atoms with van der Waals surface area (Å²) in [6.45, 7) is 7.24. The van der Waals surface area contributed by atoms with Crippen LogP contribution >= 0.6 is 11.6 Å². The molecule has 0 radical (unpaired) electrons. The first-order valence-corrected chi connectivity index (χ1v) is 5.95. The van der Waals surface area contributed by atoms with Crippen LogP contribution in [0.25, 0.3) is 0 Å². The van der Waals surface area contributed by atoms with Crippen molar-refractivity contribution in [3.05, 3.63) is 34.9 Å². The van der Waals surface area contributed by atoms with E-state index in [4.69, 9.17) is 11.6 Å². The van der Waals surface area contributed by atoms with Gasteiger partial charge in [0.25, 0.3) is 0 Å². The molecule has 0 fully saturated rings. The van der Waals surface area contributed by atoms with E-state index in [-0.39, 0.29) is 11.8 Å². The molecule has 1 aromatic carbocycles. The predicted octanol–water partition coefficient (Wildman–Crippen LogP) is 3.34. The van der Waals surface area contributed by atoms with Crippen molar-refractivity contribution in [1.82, 2.24) is 4.90 Å². The molecule has 3 heteroatoms. The van der Waals surface area contributed by atoms with Crippen LogP contribution in [-0.4, -0.2) is 17.4 Å². The maximum absolute atomic E-state index is 11.8. The number of halogens is 1. The Kier molecular flexibility index (Phi) is 4.81. The largest absolute Gasteiger partial charge is 0.338 e. The molecular formula is C13H18ClNO. The number of rotatable bonds is 4. The molecular weight excluding hydrogens is 222 g/mol. The Morgan fingerprint density at radius 2 is 1.88 bits per heavy atom. The van der Waals surface area contributed by atoms with Crippen LogP contribution in [0, 0.1) is 5.92 Å². The summed E-state index contributed by atoms with van der Waals surface area (Å²) in [4.78, 5) is 13.7. The number of carbonyl (C=O) groups is 1. The molecule has 0 aromatic heterocycles. The second kappa shape index (κ2) is 5.90. The van der Waals surface area contributed by atoms with Gasteiger partial charge < -0.3 is 4.90 Å². The summed E-state index contributed by atoms with van der Waals surface area (Å²) >= 11 is 5.81. The van der Waals surface area contributed by atoms with Crippen LogP contribution < -0.4 is 0 Å². The number of hydrogen-bond acceptors (Lipinski definition) is 1. The second-order valence-corrected chi connectivity index (χ2v) is 4.57. The molecule has 16 heavy (non-hydrogen) atoms. The molecule has 0 aliphatic rings. The average molecular weight is 240 g/mol. The summed E-state index contributed by atoms with van der Waals surface area (Å²) in [5, 5.41) is 0.724. The van der Waals surface area contributed by atoms with Crippen molar-refractivity contribution in [1.29, 1.82) is 0 Å². The maximum Gasteiger partial charge on any atom is 0.225 e. The van der Waals surface area contributed by atoms with Gasteiger partial charge in [-0.3, -0.25) is 4.79 Å². The van der Waals surface area contributed by atoms with Crippen LogP contribution in [0.1, 0.15) is 26.3 Å². The van der Waals surface area contributed by atoms with Gasteiger partial charge in [0.05, 0.1) is 0 Å². The lowest BCUT2D eigenvalue weighted by molar-refractivity contribution is -0.134. The third-order valence-electron chi connectivity index (χ3n) is 2.47. The van der Waals surface area contributed by atoms with Crippen molar-refractivity contribution in [3.63, 3.8) is 0 Å². The third kappa shape index (κ3) is 3.53. The summed E-state index contributed by atoms with van der Waals surface area (Å²) in [6, 6.07) is 7.62. The molecule has 0 bridgehead atoms. The molecule has 1 amide bonds. The van der Waals surface area contributed by atoms with Gasteiger partial charge in [0, 0.05) is 24.0 Å². The topological polar surface area (TPSA) is 20.3 Å². The fourth-order valence-corrected chi connectivity index (χ4v) is 1.65. The van der Waals surface area contributed by atoms with Gasteiger partial charge in [-0.25, -0.2) is 0 Å². The quantitative estimate of drug-likeness (QED) is 0.789. The minimum Gasteiger partial charge on any atom is -0.338 e. The van der Waals surface area contributed by atoms with E-state index in [1.165, 1.54) is 0 Å². The Morgan fingerprint density at radius 3 is 2.31 bits per heavy atom. The fraction of sp³-hybridized carbons (Fsp3) is 0.462. The molecule has 0 N–H and O–H groups in total. The molecule has 0 aliphatic carbocycles. The van der Waals surface area contributed by atoms with Crippen molar-refractivity contribution >= 4 is 17.5 Å². The lowest BCUT2D eigenvalue weighted by atomic mass is 10.1. The van der Waals surface area contributed by atoms with E-state index >= 15 is 0 Å². The van der Waals surface area contributed by atoms with Crippen LogP contribution in [0.4, 0.5) is 0 Å². The molecule has 88 valence electrons. The van der Waals surface area contributed by atoms with Gasteiger partial charge in [-0.05, 0) is 24.6 Å². The highest BCUT2D eigenvalue weighted by Crippen LogP contribution is 2.12. The summed E-state index contributed by atoms with van der Waals surface area (Å²) in [5.41, 5.74) is 1.11. The Balaban J connectivity index is 2.70. The molecule has 0 saturated heterocycles. The molecule has 0 atom stereocenters. The van der Waals surface area contributed by atoms with Crippen LogP contribution in [-0.2, 0) is 11.3 Å². The highest BCUT2D eigenvalue weighted by atomic mass is 35.5. The van der Waals surface area contributed by atoms with Crippen molar-refractivity contribution < 1.29 is 4.79 Å². The maximum atomic E-state index is 11.8. The van der Waals surface area contributed by atoms with E-state index in [0.717, 1.165) is 17.1 Å². The minimum atomic E-state index is 0.0484. The van der Waals surface area contributed by atoms with Crippen molar-refractivity contribution in [2.24, 2.45) is 5.92 Å². The number of carbonyl (C=O) groups excluding carboxylic acids is 1. The molecule has 0 heterocycles. The van der Waals surface area contributed by atoms with Gasteiger partial charge in [-0.15, -0.1) is 0 Å². The standard InChI is InChI=1S/C13H18ClNO/c1-4-15(13(16)10(2)3)9-11-5-7-12(14)8-6-11/h5-8,10H,4,9H2,1-3H3. The van der Waals surface area contributed by atoms with E-state index in [0.29, 0.717) is 6.54 Å². The van der Waals surface area contributed by atoms with Crippen LogP contribution in [0.3, 0.4) is 0 Å². The SMILES string of the molecule is CCN(Cc1ccc(Cl)cc1)C(=O)C(C)C. The van der Waals surface area contributed by atoms with Crippen molar-refractivity contribution in [3.8, 4) is 0 Å². The van der Waals surface area contributed by atoms with Gasteiger partial charge in [-0.1, -0.05) is 37.6 Å². The second-order valence-electron chi connectivity index (χ2n) is 4.13. The monoisotopic (exact) mass is 239 g/mol. The highest BCUT2D eigenvalue weighted by molar-refractivity contribution is 6.30. The predicted molar refractivity (Wildman–Crippen MR) is 67.4 cm³/mol. The number of hydrogen-bond donors (Lipinski definition) is 0. The number of amides is 1. The zero-order valence-electron chi connectivity index (χ0n) is 10.0. The van der Waals surface area contributed by atoms with Gasteiger partial charge in [-0.2, -0.15) is 0 Å². The Hall–Kier alpha value is -1.02. The normalized spacial score (nSPS) is 10.6. The lowest BCUT2D eigenvalue weighted by Gasteiger charge is -2.23.